The van der Waals surface area contributed by atoms with Crippen LogP contribution < -0.4 is 10.1 Å². The Morgan fingerprint density at radius 2 is 1.71 bits per heavy atom. The van der Waals surface area contributed by atoms with Crippen LogP contribution in [0.2, 0.25) is 15.1 Å². The van der Waals surface area contributed by atoms with Gasteiger partial charge in [-0.15, -0.1) is 0 Å². The molecule has 1 aliphatic carbocycles. The Labute approximate surface area is 239 Å². The number of benzene rings is 3. The number of hydrogen-bond acceptors (Lipinski definition) is 3. The van der Waals surface area contributed by atoms with E-state index in [0.29, 0.717) is 32.8 Å². The third-order valence-corrected chi connectivity index (χ3v) is 7.83. The van der Waals surface area contributed by atoms with Crippen LogP contribution in [-0.2, 0) is 22.6 Å². The topological polar surface area (TPSA) is 58.6 Å². The van der Waals surface area contributed by atoms with Crippen LogP contribution in [0.3, 0.4) is 0 Å². The molecule has 38 heavy (non-hydrogen) atoms. The van der Waals surface area contributed by atoms with E-state index in [1.54, 1.807) is 41.3 Å². The van der Waals surface area contributed by atoms with Gasteiger partial charge in [0.1, 0.15) is 11.8 Å². The average Bonchev–Trinajstić information content (AvgIpc) is 3.41. The van der Waals surface area contributed by atoms with Gasteiger partial charge < -0.3 is 15.0 Å². The first-order chi connectivity index (χ1) is 18.3. The first kappa shape index (κ1) is 28.3. The molecule has 1 saturated carbocycles. The van der Waals surface area contributed by atoms with Crippen molar-refractivity contribution >= 4 is 46.6 Å². The minimum absolute atomic E-state index is 0.116. The second kappa shape index (κ2) is 13.4. The summed E-state index contributed by atoms with van der Waals surface area (Å²) in [7, 11) is 0. The van der Waals surface area contributed by atoms with Crippen LogP contribution >= 0.6 is 34.8 Å². The molecule has 0 aliphatic heterocycles. The monoisotopic (exact) mass is 572 g/mol. The van der Waals surface area contributed by atoms with Gasteiger partial charge in [-0.2, -0.15) is 0 Å². The molecule has 0 unspecified atom stereocenters. The van der Waals surface area contributed by atoms with Crippen LogP contribution in [0, 0.1) is 6.92 Å². The van der Waals surface area contributed by atoms with Gasteiger partial charge in [0.15, 0.2) is 6.61 Å². The molecule has 0 radical (unpaired) electrons. The molecule has 3 aromatic rings. The number of carbonyl (C=O) groups excluding carboxylic acids is 2. The van der Waals surface area contributed by atoms with E-state index < -0.39 is 6.04 Å². The van der Waals surface area contributed by atoms with Gasteiger partial charge in [-0.3, -0.25) is 9.59 Å². The van der Waals surface area contributed by atoms with Gasteiger partial charge in [0.05, 0.1) is 0 Å². The zero-order valence-corrected chi connectivity index (χ0v) is 23.5. The van der Waals surface area contributed by atoms with Gasteiger partial charge in [0.2, 0.25) is 5.91 Å². The number of nitrogens with one attached hydrogen (secondary N) is 1. The van der Waals surface area contributed by atoms with Crippen LogP contribution in [0.1, 0.15) is 42.4 Å². The number of rotatable bonds is 10. The third-order valence-electron chi connectivity index (χ3n) is 6.82. The summed E-state index contributed by atoms with van der Waals surface area (Å²) < 4.78 is 5.85. The maximum Gasteiger partial charge on any atom is 0.261 e. The first-order valence-corrected chi connectivity index (χ1v) is 13.9. The molecule has 8 heteroatoms. The summed E-state index contributed by atoms with van der Waals surface area (Å²) in [6, 6.07) is 19.4. The summed E-state index contributed by atoms with van der Waals surface area (Å²) in [6.07, 6.45) is 4.42. The Balaban J connectivity index is 1.63. The molecule has 1 N–H and O–H groups in total. The minimum Gasteiger partial charge on any atom is -0.484 e. The third kappa shape index (κ3) is 7.66. The summed E-state index contributed by atoms with van der Waals surface area (Å²) in [5.74, 6) is 0.0207. The lowest BCUT2D eigenvalue weighted by atomic mass is 10.0. The summed E-state index contributed by atoms with van der Waals surface area (Å²) in [4.78, 5) is 29.0. The highest BCUT2D eigenvalue weighted by Gasteiger charge is 2.32. The SMILES string of the molecule is Cc1cc(OCC(=O)N(Cc2ccc(Cl)cc2Cl)[C@@H](Cc2ccccc2)C(=O)NC2CCCC2)ccc1Cl. The van der Waals surface area contributed by atoms with Crippen molar-refractivity contribution in [2.45, 2.75) is 57.7 Å². The van der Waals surface area contributed by atoms with E-state index >= 15 is 0 Å². The molecular weight excluding hydrogens is 543 g/mol. The van der Waals surface area contributed by atoms with E-state index in [4.69, 9.17) is 39.5 Å². The summed E-state index contributed by atoms with van der Waals surface area (Å²) in [6.45, 7) is 1.76. The molecule has 0 heterocycles. The molecule has 5 nitrogen and oxygen atoms in total. The number of ether oxygens (including phenoxy) is 1. The van der Waals surface area contributed by atoms with E-state index in [2.05, 4.69) is 5.32 Å². The van der Waals surface area contributed by atoms with Crippen LogP contribution in [0.15, 0.2) is 66.7 Å². The van der Waals surface area contributed by atoms with Crippen LogP contribution in [0.25, 0.3) is 0 Å². The molecule has 1 aliphatic rings. The van der Waals surface area contributed by atoms with Crippen molar-refractivity contribution in [1.29, 1.82) is 0 Å². The van der Waals surface area contributed by atoms with Crippen molar-refractivity contribution in [1.82, 2.24) is 10.2 Å². The molecule has 1 fully saturated rings. The highest BCUT2D eigenvalue weighted by molar-refractivity contribution is 6.35. The van der Waals surface area contributed by atoms with E-state index in [0.717, 1.165) is 36.8 Å². The molecule has 3 aromatic carbocycles. The predicted octanol–water partition coefficient (Wildman–Crippen LogP) is 7.03. The van der Waals surface area contributed by atoms with E-state index in [-0.39, 0.29) is 31.0 Å². The van der Waals surface area contributed by atoms with E-state index in [9.17, 15) is 9.59 Å². The number of amides is 2. The fourth-order valence-electron chi connectivity index (χ4n) is 4.69. The van der Waals surface area contributed by atoms with Gasteiger partial charge >= 0.3 is 0 Å². The Hall–Kier alpha value is -2.73. The molecular formula is C30H31Cl3N2O3. The Kier molecular flexibility index (Phi) is 9.95. The zero-order chi connectivity index (χ0) is 27.1. The van der Waals surface area contributed by atoms with Crippen molar-refractivity contribution in [3.63, 3.8) is 0 Å². The fourth-order valence-corrected chi connectivity index (χ4v) is 5.28. The first-order valence-electron chi connectivity index (χ1n) is 12.8. The number of hydrogen-bond donors (Lipinski definition) is 1. The maximum atomic E-state index is 13.8. The van der Waals surface area contributed by atoms with Crippen molar-refractivity contribution in [2.24, 2.45) is 0 Å². The zero-order valence-electron chi connectivity index (χ0n) is 21.3. The largest absolute Gasteiger partial charge is 0.484 e. The van der Waals surface area contributed by atoms with Crippen molar-refractivity contribution in [2.75, 3.05) is 6.61 Å². The second-order valence-corrected chi connectivity index (χ2v) is 10.9. The molecule has 0 aromatic heterocycles. The predicted molar refractivity (Wildman–Crippen MR) is 153 cm³/mol. The normalized spacial score (nSPS) is 14.2. The van der Waals surface area contributed by atoms with Gasteiger partial charge in [-0.25, -0.2) is 0 Å². The van der Waals surface area contributed by atoms with E-state index in [1.807, 2.05) is 37.3 Å². The smallest absolute Gasteiger partial charge is 0.261 e. The highest BCUT2D eigenvalue weighted by Crippen LogP contribution is 2.26. The Morgan fingerprint density at radius 3 is 2.39 bits per heavy atom. The summed E-state index contributed by atoms with van der Waals surface area (Å²) >= 11 is 18.7. The number of nitrogens with zero attached hydrogens (tertiary/aromatic N) is 1. The highest BCUT2D eigenvalue weighted by atomic mass is 35.5. The van der Waals surface area contributed by atoms with Crippen molar-refractivity contribution in [3.8, 4) is 5.75 Å². The minimum atomic E-state index is -0.757. The standard InChI is InChI=1S/C30H31Cl3N2O3/c1-20-15-25(13-14-26(20)32)38-19-29(36)35(18-22-11-12-23(31)17-27(22)33)28(16-21-7-3-2-4-8-21)30(37)34-24-9-5-6-10-24/h2-4,7-8,11-15,17,24,28H,5-6,9-10,16,18-19H2,1H3,(H,34,37)/t28-/m0/s1. The van der Waals surface area contributed by atoms with Crippen molar-refractivity contribution in [3.05, 3.63) is 98.5 Å². The number of carbonyl (C=O) groups is 2. The molecule has 1 atom stereocenters. The molecule has 2 amide bonds. The summed E-state index contributed by atoms with van der Waals surface area (Å²) in [5.41, 5.74) is 2.49. The van der Waals surface area contributed by atoms with E-state index in [1.165, 1.54) is 0 Å². The molecule has 200 valence electrons. The van der Waals surface area contributed by atoms with Gasteiger partial charge in [0, 0.05) is 34.1 Å². The molecule has 0 spiro atoms. The Morgan fingerprint density at radius 1 is 0.974 bits per heavy atom. The average molecular weight is 574 g/mol. The lowest BCUT2D eigenvalue weighted by molar-refractivity contribution is -0.143. The second-order valence-electron chi connectivity index (χ2n) is 9.65. The lowest BCUT2D eigenvalue weighted by Crippen LogP contribution is -2.53. The van der Waals surface area contributed by atoms with Crippen molar-refractivity contribution < 1.29 is 14.3 Å². The van der Waals surface area contributed by atoms with Crippen LogP contribution in [-0.4, -0.2) is 35.4 Å². The quantitative estimate of drug-likeness (QED) is 0.283. The molecule has 4 rings (SSSR count). The summed E-state index contributed by atoms with van der Waals surface area (Å²) in [5, 5.41) is 4.74. The van der Waals surface area contributed by atoms with Gasteiger partial charge in [-0.1, -0.05) is 84.0 Å². The van der Waals surface area contributed by atoms with Gasteiger partial charge in [-0.05, 0) is 66.8 Å². The van der Waals surface area contributed by atoms with Gasteiger partial charge in [0.25, 0.3) is 5.91 Å². The molecule has 0 saturated heterocycles. The lowest BCUT2D eigenvalue weighted by Gasteiger charge is -2.32. The maximum absolute atomic E-state index is 13.8. The fraction of sp³-hybridized carbons (Fsp3) is 0.333. The van der Waals surface area contributed by atoms with Crippen LogP contribution in [0.4, 0.5) is 0 Å². The Bertz CT molecular complexity index is 1260. The number of aryl methyl sites for hydroxylation is 1. The van der Waals surface area contributed by atoms with Crippen LogP contribution in [0.5, 0.6) is 5.75 Å². The number of halogens is 3. The molecule has 0 bridgehead atoms.